The Bertz CT molecular complexity index is 1620. The summed E-state index contributed by atoms with van der Waals surface area (Å²) >= 11 is 0. The van der Waals surface area contributed by atoms with Crippen LogP contribution in [0.25, 0.3) is 0 Å². The molecule has 3 N–H and O–H groups in total. The summed E-state index contributed by atoms with van der Waals surface area (Å²) in [5.41, 5.74) is 0. The van der Waals surface area contributed by atoms with E-state index in [1.165, 1.54) is 141 Å². The Morgan fingerprint density at radius 3 is 0.819 bits per heavy atom. The van der Waals surface area contributed by atoms with Crippen molar-refractivity contribution in [2.75, 3.05) is 39.6 Å². The molecule has 17 nitrogen and oxygen atoms in total. The molecule has 5 atom stereocenters. The third-order valence-electron chi connectivity index (χ3n) is 14.8. The number of hydrogen-bond acceptors (Lipinski definition) is 15. The first-order valence-electron chi connectivity index (χ1n) is 33.6. The van der Waals surface area contributed by atoms with Gasteiger partial charge in [0.2, 0.25) is 0 Å². The van der Waals surface area contributed by atoms with Crippen molar-refractivity contribution in [3.05, 3.63) is 0 Å². The molecule has 19 heteroatoms. The molecule has 0 aliphatic heterocycles. The van der Waals surface area contributed by atoms with Crippen molar-refractivity contribution in [1.29, 1.82) is 0 Å². The van der Waals surface area contributed by atoms with Crippen LogP contribution in [0.2, 0.25) is 0 Å². The Hall–Kier alpha value is -1.94. The molecule has 0 saturated carbocycles. The van der Waals surface area contributed by atoms with Gasteiger partial charge >= 0.3 is 39.5 Å². The minimum Gasteiger partial charge on any atom is -0.462 e. The van der Waals surface area contributed by atoms with Gasteiger partial charge in [-0.2, -0.15) is 0 Å². The van der Waals surface area contributed by atoms with Gasteiger partial charge in [0.25, 0.3) is 0 Å². The Morgan fingerprint density at radius 2 is 0.554 bits per heavy atom. The molecule has 0 saturated heterocycles. The number of hydrogen-bond donors (Lipinski definition) is 3. The zero-order valence-corrected chi connectivity index (χ0v) is 55.1. The topological polar surface area (TPSA) is 237 Å². The first-order valence-corrected chi connectivity index (χ1v) is 36.6. The van der Waals surface area contributed by atoms with Gasteiger partial charge in [-0.05, 0) is 31.6 Å². The third-order valence-corrected chi connectivity index (χ3v) is 16.7. The molecular weight excluding hydrogens is 1100 g/mol. The molecule has 0 rings (SSSR count). The second kappa shape index (κ2) is 57.8. The fourth-order valence-corrected chi connectivity index (χ4v) is 11.2. The Labute approximate surface area is 505 Å². The summed E-state index contributed by atoms with van der Waals surface area (Å²) in [5.74, 6) is -1.42. The van der Waals surface area contributed by atoms with Crippen LogP contribution in [-0.2, 0) is 65.4 Å². The molecule has 0 amide bonds. The standard InChI is InChI=1S/C64H124O17P2/c1-6-9-12-15-17-19-21-23-24-25-27-29-34-39-44-49-63(68)81-60(54-75-62(67)48-43-38-33-28-26-22-20-18-16-13-10-7-2)56-79-83(72,73)77-52-58(65)51-76-82(70,71)78-55-59(53-74-61(66)47-42-36-14-11-8-3)80-64(69)50-45-40-35-31-30-32-37-41-46-57(4)5/h57-60,65H,6-56H2,1-5H3,(H,70,71)(H,72,73)/t58-,59+,60+/m0/s1. The van der Waals surface area contributed by atoms with E-state index in [4.69, 9.17) is 37.0 Å². The Morgan fingerprint density at radius 1 is 0.325 bits per heavy atom. The van der Waals surface area contributed by atoms with Crippen LogP contribution in [0.1, 0.15) is 324 Å². The lowest BCUT2D eigenvalue weighted by Gasteiger charge is -2.21. The molecule has 0 aromatic rings. The lowest BCUT2D eigenvalue weighted by molar-refractivity contribution is -0.161. The molecule has 0 spiro atoms. The summed E-state index contributed by atoms with van der Waals surface area (Å²) in [4.78, 5) is 72.0. The van der Waals surface area contributed by atoms with Crippen LogP contribution in [0.5, 0.6) is 0 Å². The number of phosphoric acid groups is 2. The molecular formula is C64H124O17P2. The van der Waals surface area contributed by atoms with Gasteiger partial charge in [-0.3, -0.25) is 37.3 Å². The minimum absolute atomic E-state index is 0.104. The maximum Gasteiger partial charge on any atom is 0.472 e. The van der Waals surface area contributed by atoms with Gasteiger partial charge in [0.05, 0.1) is 26.4 Å². The Kier molecular flexibility index (Phi) is 56.4. The van der Waals surface area contributed by atoms with Crippen LogP contribution in [0.3, 0.4) is 0 Å². The molecule has 2 unspecified atom stereocenters. The molecule has 83 heavy (non-hydrogen) atoms. The number of rotatable bonds is 64. The summed E-state index contributed by atoms with van der Waals surface area (Å²) in [7, 11) is -9.88. The van der Waals surface area contributed by atoms with E-state index in [0.29, 0.717) is 25.7 Å². The van der Waals surface area contributed by atoms with E-state index in [9.17, 15) is 43.2 Å². The smallest absolute Gasteiger partial charge is 0.462 e. The number of aliphatic hydroxyl groups is 1. The van der Waals surface area contributed by atoms with E-state index in [-0.39, 0.29) is 25.7 Å². The number of aliphatic hydroxyl groups excluding tert-OH is 1. The zero-order valence-electron chi connectivity index (χ0n) is 53.3. The van der Waals surface area contributed by atoms with Gasteiger partial charge < -0.3 is 33.8 Å². The number of esters is 4. The summed E-state index contributed by atoms with van der Waals surface area (Å²) in [6.07, 6.45) is 42.0. The van der Waals surface area contributed by atoms with Crippen LogP contribution in [0.4, 0.5) is 0 Å². The lowest BCUT2D eigenvalue weighted by atomic mass is 10.0. The molecule has 0 heterocycles. The summed E-state index contributed by atoms with van der Waals surface area (Å²) in [6.45, 7) is 7.07. The number of ether oxygens (including phenoxy) is 4. The van der Waals surface area contributed by atoms with E-state index in [2.05, 4.69) is 34.6 Å². The molecule has 0 radical (unpaired) electrons. The van der Waals surface area contributed by atoms with Gasteiger partial charge in [-0.1, -0.05) is 272 Å². The number of phosphoric ester groups is 2. The van der Waals surface area contributed by atoms with Crippen molar-refractivity contribution in [3.8, 4) is 0 Å². The summed E-state index contributed by atoms with van der Waals surface area (Å²) < 4.78 is 67.8. The summed E-state index contributed by atoms with van der Waals surface area (Å²) in [6, 6.07) is 0. The van der Waals surface area contributed by atoms with Gasteiger partial charge in [0, 0.05) is 25.7 Å². The molecule has 0 aromatic carbocycles. The van der Waals surface area contributed by atoms with Crippen molar-refractivity contribution < 1.29 is 80.2 Å². The Balaban J connectivity index is 5.17. The fourth-order valence-electron chi connectivity index (χ4n) is 9.58. The normalized spacial score (nSPS) is 14.2. The van der Waals surface area contributed by atoms with Crippen LogP contribution < -0.4 is 0 Å². The van der Waals surface area contributed by atoms with Crippen molar-refractivity contribution in [1.82, 2.24) is 0 Å². The van der Waals surface area contributed by atoms with Crippen molar-refractivity contribution in [2.24, 2.45) is 5.92 Å². The van der Waals surface area contributed by atoms with Gasteiger partial charge in [0.15, 0.2) is 12.2 Å². The van der Waals surface area contributed by atoms with Gasteiger partial charge in [0.1, 0.15) is 19.3 Å². The number of unbranched alkanes of at least 4 members (excludes halogenated alkanes) is 36. The van der Waals surface area contributed by atoms with Crippen molar-refractivity contribution >= 4 is 39.5 Å². The van der Waals surface area contributed by atoms with Crippen molar-refractivity contribution in [2.45, 2.75) is 342 Å². The quantitative estimate of drug-likeness (QED) is 0.0222. The first kappa shape index (κ1) is 81.1. The van der Waals surface area contributed by atoms with Crippen LogP contribution >= 0.6 is 15.6 Å². The molecule has 0 aliphatic carbocycles. The average Bonchev–Trinajstić information content (AvgIpc) is 3.45. The largest absolute Gasteiger partial charge is 0.472 e. The summed E-state index contributed by atoms with van der Waals surface area (Å²) in [5, 5.41) is 10.5. The van der Waals surface area contributed by atoms with Crippen LogP contribution in [0, 0.1) is 5.92 Å². The highest BCUT2D eigenvalue weighted by atomic mass is 31.2. The molecule has 0 fully saturated rings. The van der Waals surface area contributed by atoms with Gasteiger partial charge in [-0.15, -0.1) is 0 Å². The molecule has 0 aliphatic rings. The highest BCUT2D eigenvalue weighted by Gasteiger charge is 2.30. The highest BCUT2D eigenvalue weighted by molar-refractivity contribution is 7.47. The van der Waals surface area contributed by atoms with E-state index in [0.717, 1.165) is 102 Å². The SMILES string of the molecule is CCCCCCCCCCCCCCCCCC(=O)O[C@H](COC(=O)CCCCCCCCCCCCCC)COP(=O)(O)OC[C@@H](O)COP(=O)(O)OC[C@@H](COC(=O)CCCCCCC)OC(=O)CCCCCCCCCCC(C)C. The monoisotopic (exact) mass is 1230 g/mol. The second-order valence-electron chi connectivity index (χ2n) is 23.6. The molecule has 0 aromatic heterocycles. The maximum absolute atomic E-state index is 13.0. The van der Waals surface area contributed by atoms with E-state index in [1.54, 1.807) is 0 Å². The number of carbonyl (C=O) groups is 4. The third kappa shape index (κ3) is 58.8. The van der Waals surface area contributed by atoms with Crippen molar-refractivity contribution in [3.63, 3.8) is 0 Å². The highest BCUT2D eigenvalue weighted by Crippen LogP contribution is 2.45. The maximum atomic E-state index is 13.0. The second-order valence-corrected chi connectivity index (χ2v) is 26.5. The van der Waals surface area contributed by atoms with E-state index >= 15 is 0 Å². The predicted molar refractivity (Wildman–Crippen MR) is 331 cm³/mol. The van der Waals surface area contributed by atoms with Crippen LogP contribution in [-0.4, -0.2) is 96.7 Å². The van der Waals surface area contributed by atoms with Crippen LogP contribution in [0.15, 0.2) is 0 Å². The van der Waals surface area contributed by atoms with E-state index < -0.39 is 97.5 Å². The molecule has 0 bridgehead atoms. The minimum atomic E-state index is -4.94. The fraction of sp³-hybridized carbons (Fsp3) is 0.938. The lowest BCUT2D eigenvalue weighted by Crippen LogP contribution is -2.30. The van der Waals surface area contributed by atoms with Gasteiger partial charge in [-0.25, -0.2) is 9.13 Å². The first-order chi connectivity index (χ1) is 40.0. The average molecular weight is 1230 g/mol. The van der Waals surface area contributed by atoms with E-state index in [1.807, 2.05) is 0 Å². The number of carbonyl (C=O) groups excluding carboxylic acids is 4. The predicted octanol–water partition coefficient (Wildman–Crippen LogP) is 17.8. The molecule has 492 valence electrons. The zero-order chi connectivity index (χ0) is 61.3.